The zero-order chi connectivity index (χ0) is 13.2. The number of hydrogen-bond donors (Lipinski definition) is 1. The van der Waals surface area contributed by atoms with Crippen molar-refractivity contribution in [2.24, 2.45) is 0 Å². The largest absolute Gasteiger partial charge is 0.496 e. The molecule has 18 heavy (non-hydrogen) atoms. The molecule has 1 aromatic carbocycles. The molecule has 0 radical (unpaired) electrons. The van der Waals surface area contributed by atoms with Crippen molar-refractivity contribution in [2.45, 2.75) is 58.5 Å². The van der Waals surface area contributed by atoms with Crippen molar-refractivity contribution in [3.8, 4) is 5.75 Å². The Hall–Kier alpha value is -1.02. The number of ether oxygens (including phenoxy) is 1. The molecule has 0 aliphatic rings. The van der Waals surface area contributed by atoms with Gasteiger partial charge < -0.3 is 10.1 Å². The van der Waals surface area contributed by atoms with Crippen molar-refractivity contribution >= 4 is 0 Å². The van der Waals surface area contributed by atoms with Gasteiger partial charge in [0.2, 0.25) is 0 Å². The molecule has 2 nitrogen and oxygen atoms in total. The number of methoxy groups -OCH3 is 1. The fourth-order valence-electron chi connectivity index (χ4n) is 2.11. The van der Waals surface area contributed by atoms with Crippen molar-refractivity contribution < 1.29 is 4.74 Å². The Morgan fingerprint density at radius 2 is 1.94 bits per heavy atom. The molecule has 2 heteroatoms. The molecule has 0 saturated heterocycles. The number of nitrogens with one attached hydrogen (secondary N) is 1. The molecule has 0 fully saturated rings. The van der Waals surface area contributed by atoms with Gasteiger partial charge in [-0.25, -0.2) is 0 Å². The van der Waals surface area contributed by atoms with E-state index in [1.165, 1.54) is 37.7 Å². The lowest BCUT2D eigenvalue weighted by molar-refractivity contribution is 0.404. The van der Waals surface area contributed by atoms with Crippen LogP contribution in [0.5, 0.6) is 5.75 Å². The second kappa shape index (κ2) is 8.98. The zero-order valence-corrected chi connectivity index (χ0v) is 12.0. The second-order valence-electron chi connectivity index (χ2n) is 4.94. The maximum atomic E-state index is 5.35. The van der Waals surface area contributed by atoms with Crippen LogP contribution in [-0.2, 0) is 6.54 Å². The summed E-state index contributed by atoms with van der Waals surface area (Å²) in [7, 11) is 1.73. The summed E-state index contributed by atoms with van der Waals surface area (Å²) < 4.78 is 5.35. The summed E-state index contributed by atoms with van der Waals surface area (Å²) in [6.45, 7) is 5.41. The number of unbranched alkanes of at least 4 members (excludes halogenated alkanes) is 3. The summed E-state index contributed by atoms with van der Waals surface area (Å²) in [5.74, 6) is 0.975. The van der Waals surface area contributed by atoms with E-state index in [0.717, 1.165) is 12.3 Å². The van der Waals surface area contributed by atoms with Crippen molar-refractivity contribution in [3.63, 3.8) is 0 Å². The fourth-order valence-corrected chi connectivity index (χ4v) is 2.11. The molecule has 102 valence electrons. The standard InChI is InChI=1S/C16H27NO/c1-4-5-6-7-10-14(2)17-13-15-11-8-9-12-16(15)18-3/h8-9,11-12,14,17H,4-7,10,13H2,1-3H3/t14-/m0/s1. The van der Waals surface area contributed by atoms with E-state index >= 15 is 0 Å². The molecule has 0 aromatic heterocycles. The van der Waals surface area contributed by atoms with E-state index in [-0.39, 0.29) is 0 Å². The molecule has 1 rings (SSSR count). The van der Waals surface area contributed by atoms with Gasteiger partial charge in [0.15, 0.2) is 0 Å². The van der Waals surface area contributed by atoms with Gasteiger partial charge in [-0.15, -0.1) is 0 Å². The lowest BCUT2D eigenvalue weighted by Gasteiger charge is -2.15. The van der Waals surface area contributed by atoms with Crippen LogP contribution < -0.4 is 10.1 Å². The average molecular weight is 249 g/mol. The first kappa shape index (κ1) is 15.0. The Balaban J connectivity index is 2.26. The van der Waals surface area contributed by atoms with Gasteiger partial charge in [0.05, 0.1) is 7.11 Å². The topological polar surface area (TPSA) is 21.3 Å². The third-order valence-electron chi connectivity index (χ3n) is 3.32. The number of hydrogen-bond acceptors (Lipinski definition) is 2. The first-order valence-electron chi connectivity index (χ1n) is 7.13. The summed E-state index contributed by atoms with van der Waals surface area (Å²) in [5.41, 5.74) is 1.24. The van der Waals surface area contributed by atoms with Crippen LogP contribution in [-0.4, -0.2) is 13.2 Å². The van der Waals surface area contributed by atoms with Crippen LogP contribution >= 0.6 is 0 Å². The van der Waals surface area contributed by atoms with Gasteiger partial charge in [-0.2, -0.15) is 0 Å². The highest BCUT2D eigenvalue weighted by Gasteiger charge is 2.04. The molecule has 0 heterocycles. The molecule has 0 aliphatic carbocycles. The summed E-state index contributed by atoms with van der Waals surface area (Å²) in [5, 5.41) is 3.57. The number of benzene rings is 1. The van der Waals surface area contributed by atoms with Crippen LogP contribution in [0.15, 0.2) is 24.3 Å². The van der Waals surface area contributed by atoms with Crippen LogP contribution in [0.3, 0.4) is 0 Å². The van der Waals surface area contributed by atoms with Gasteiger partial charge in [-0.1, -0.05) is 50.8 Å². The lowest BCUT2D eigenvalue weighted by atomic mass is 10.1. The average Bonchev–Trinajstić information content (AvgIpc) is 2.41. The number of para-hydroxylation sites is 1. The molecule has 1 N–H and O–H groups in total. The van der Waals surface area contributed by atoms with Crippen LogP contribution in [0.1, 0.15) is 51.5 Å². The fraction of sp³-hybridized carbons (Fsp3) is 0.625. The number of rotatable bonds is 9. The van der Waals surface area contributed by atoms with Crippen molar-refractivity contribution in [1.29, 1.82) is 0 Å². The molecule has 0 spiro atoms. The summed E-state index contributed by atoms with van der Waals surface area (Å²) >= 11 is 0. The molecular formula is C16H27NO. The van der Waals surface area contributed by atoms with E-state index in [2.05, 4.69) is 31.3 Å². The minimum atomic E-state index is 0.576. The Kier molecular flexibility index (Phi) is 7.51. The second-order valence-corrected chi connectivity index (χ2v) is 4.94. The van der Waals surface area contributed by atoms with E-state index in [1.54, 1.807) is 7.11 Å². The molecule has 0 bridgehead atoms. The first-order chi connectivity index (χ1) is 8.77. The zero-order valence-electron chi connectivity index (χ0n) is 12.0. The van der Waals surface area contributed by atoms with Gasteiger partial charge >= 0.3 is 0 Å². The molecule has 1 atom stereocenters. The highest BCUT2D eigenvalue weighted by molar-refractivity contribution is 5.32. The normalized spacial score (nSPS) is 12.4. The van der Waals surface area contributed by atoms with Gasteiger partial charge in [0, 0.05) is 18.2 Å². The van der Waals surface area contributed by atoms with Crippen LogP contribution in [0.2, 0.25) is 0 Å². The van der Waals surface area contributed by atoms with E-state index in [0.29, 0.717) is 6.04 Å². The van der Waals surface area contributed by atoms with Gasteiger partial charge in [-0.05, 0) is 19.4 Å². The Bertz CT molecular complexity index is 325. The van der Waals surface area contributed by atoms with Crippen molar-refractivity contribution in [2.75, 3.05) is 7.11 Å². The quantitative estimate of drug-likeness (QED) is 0.664. The highest BCUT2D eigenvalue weighted by atomic mass is 16.5. The van der Waals surface area contributed by atoms with E-state index in [9.17, 15) is 0 Å². The first-order valence-corrected chi connectivity index (χ1v) is 7.13. The third kappa shape index (κ3) is 5.54. The van der Waals surface area contributed by atoms with Crippen molar-refractivity contribution in [3.05, 3.63) is 29.8 Å². The summed E-state index contributed by atoms with van der Waals surface area (Å²) in [6.07, 6.45) is 6.61. The molecule has 0 aliphatic heterocycles. The maximum Gasteiger partial charge on any atom is 0.123 e. The lowest BCUT2D eigenvalue weighted by Crippen LogP contribution is -2.25. The maximum absolute atomic E-state index is 5.35. The minimum Gasteiger partial charge on any atom is -0.496 e. The summed E-state index contributed by atoms with van der Waals surface area (Å²) in [4.78, 5) is 0. The highest BCUT2D eigenvalue weighted by Crippen LogP contribution is 2.17. The van der Waals surface area contributed by atoms with Crippen molar-refractivity contribution in [1.82, 2.24) is 5.32 Å². The summed E-state index contributed by atoms with van der Waals surface area (Å²) in [6, 6.07) is 8.78. The van der Waals surface area contributed by atoms with Gasteiger partial charge in [0.25, 0.3) is 0 Å². The van der Waals surface area contributed by atoms with E-state index < -0.39 is 0 Å². The van der Waals surface area contributed by atoms with Crippen LogP contribution in [0.4, 0.5) is 0 Å². The predicted molar refractivity (Wildman–Crippen MR) is 78.1 cm³/mol. The van der Waals surface area contributed by atoms with Gasteiger partial charge in [-0.3, -0.25) is 0 Å². The van der Waals surface area contributed by atoms with E-state index in [1.807, 2.05) is 12.1 Å². The Morgan fingerprint density at radius 1 is 1.17 bits per heavy atom. The Morgan fingerprint density at radius 3 is 2.67 bits per heavy atom. The van der Waals surface area contributed by atoms with Crippen LogP contribution in [0.25, 0.3) is 0 Å². The SMILES string of the molecule is CCCCCC[C@H](C)NCc1ccccc1OC. The van der Waals surface area contributed by atoms with Crippen LogP contribution in [0, 0.1) is 0 Å². The smallest absolute Gasteiger partial charge is 0.123 e. The van der Waals surface area contributed by atoms with Gasteiger partial charge in [0.1, 0.15) is 5.75 Å². The molecule has 0 saturated carbocycles. The molecule has 0 unspecified atom stereocenters. The molecule has 0 amide bonds. The minimum absolute atomic E-state index is 0.576. The molecule has 1 aromatic rings. The third-order valence-corrected chi connectivity index (χ3v) is 3.32. The Labute approximate surface area is 112 Å². The predicted octanol–water partition coefficient (Wildman–Crippen LogP) is 4.14. The monoisotopic (exact) mass is 249 g/mol. The molecular weight excluding hydrogens is 222 g/mol. The van der Waals surface area contributed by atoms with E-state index in [4.69, 9.17) is 4.74 Å².